The lowest BCUT2D eigenvalue weighted by Crippen LogP contribution is -2.07. The van der Waals surface area contributed by atoms with Crippen LogP contribution in [-0.2, 0) is 17.1 Å². The Bertz CT molecular complexity index is 413. The Morgan fingerprint density at radius 1 is 1.56 bits per heavy atom. The molecule has 0 atom stereocenters. The molecule has 0 unspecified atom stereocenters. The molecule has 0 bridgehead atoms. The molecular weight excluding hydrogens is 263 g/mol. The first-order chi connectivity index (χ1) is 7.45. The summed E-state index contributed by atoms with van der Waals surface area (Å²) in [7, 11) is 0. The Balaban J connectivity index is 3.24. The van der Waals surface area contributed by atoms with E-state index in [9.17, 15) is 13.6 Å². The zero-order valence-corrected chi connectivity index (χ0v) is 9.40. The molecule has 0 saturated heterocycles. The first-order valence-electron chi connectivity index (χ1n) is 4.19. The summed E-state index contributed by atoms with van der Waals surface area (Å²) in [6, 6.07) is 1.07. The van der Waals surface area contributed by atoms with Crippen LogP contribution >= 0.6 is 23.2 Å². The third-order valence-corrected chi connectivity index (χ3v) is 2.56. The lowest BCUT2D eigenvalue weighted by Gasteiger charge is -2.08. The smallest absolute Gasteiger partial charge is 0.309 e. The molecule has 0 amide bonds. The van der Waals surface area contributed by atoms with Crippen molar-refractivity contribution in [2.24, 2.45) is 0 Å². The van der Waals surface area contributed by atoms with E-state index in [-0.39, 0.29) is 22.2 Å². The van der Waals surface area contributed by atoms with Crippen LogP contribution < -0.4 is 0 Å². The van der Waals surface area contributed by atoms with Crippen LogP contribution in [0.25, 0.3) is 0 Å². The number of pyridine rings is 1. The Labute approximate surface area is 100 Å². The highest BCUT2D eigenvalue weighted by Crippen LogP contribution is 2.27. The van der Waals surface area contributed by atoms with Gasteiger partial charge in [-0.2, -0.15) is 0 Å². The third-order valence-electron chi connectivity index (χ3n) is 1.81. The number of carboxylic acid groups (broad SMARTS) is 1. The van der Waals surface area contributed by atoms with E-state index >= 15 is 0 Å². The zero-order valence-electron chi connectivity index (χ0n) is 7.88. The number of rotatable bonds is 4. The highest BCUT2D eigenvalue weighted by Gasteiger charge is 2.17. The summed E-state index contributed by atoms with van der Waals surface area (Å²) < 4.78 is 24.9. The minimum atomic E-state index is -2.79. The summed E-state index contributed by atoms with van der Waals surface area (Å²) in [5, 5.41) is 8.59. The second-order valence-corrected chi connectivity index (χ2v) is 3.62. The Morgan fingerprint density at radius 3 is 2.62 bits per heavy atom. The Morgan fingerprint density at radius 2 is 2.19 bits per heavy atom. The summed E-state index contributed by atoms with van der Waals surface area (Å²) in [6.45, 7) is 0. The van der Waals surface area contributed by atoms with E-state index < -0.39 is 24.5 Å². The number of carboxylic acids is 1. The Kier molecular flexibility index (Phi) is 4.44. The molecule has 0 aliphatic carbocycles. The van der Waals surface area contributed by atoms with Gasteiger partial charge in [-0.05, 0) is 11.6 Å². The first-order valence-corrected chi connectivity index (χ1v) is 5.11. The summed E-state index contributed by atoms with van der Waals surface area (Å²) in [5.41, 5.74) is -0.358. The average molecular weight is 270 g/mol. The number of halogens is 4. The van der Waals surface area contributed by atoms with Gasteiger partial charge in [-0.3, -0.25) is 4.79 Å². The standard InChI is InChI=1S/C9H7Cl2F2NO2/c10-3-4-1-6(9(12)13)14-5(8(4)11)2-7(15)16/h1,9H,2-3H2,(H,15,16). The number of nitrogens with zero attached hydrogens (tertiary/aromatic N) is 1. The highest BCUT2D eigenvalue weighted by molar-refractivity contribution is 6.33. The van der Waals surface area contributed by atoms with E-state index in [0.717, 1.165) is 6.07 Å². The molecule has 0 aromatic carbocycles. The van der Waals surface area contributed by atoms with Crippen LogP contribution in [0.15, 0.2) is 6.07 Å². The van der Waals surface area contributed by atoms with E-state index in [1.165, 1.54) is 0 Å². The second kappa shape index (κ2) is 5.41. The quantitative estimate of drug-likeness (QED) is 0.855. The van der Waals surface area contributed by atoms with E-state index in [1.54, 1.807) is 0 Å². The van der Waals surface area contributed by atoms with Gasteiger partial charge >= 0.3 is 5.97 Å². The molecule has 1 aromatic rings. The van der Waals surface area contributed by atoms with Crippen molar-refractivity contribution >= 4 is 29.2 Å². The average Bonchev–Trinajstić information content (AvgIpc) is 2.20. The van der Waals surface area contributed by atoms with Crippen molar-refractivity contribution in [3.8, 4) is 0 Å². The molecule has 0 fully saturated rings. The first kappa shape index (κ1) is 13.1. The maximum Gasteiger partial charge on any atom is 0.309 e. The molecule has 0 spiro atoms. The van der Waals surface area contributed by atoms with E-state index in [4.69, 9.17) is 28.3 Å². The van der Waals surface area contributed by atoms with Crippen molar-refractivity contribution in [1.29, 1.82) is 0 Å². The summed E-state index contributed by atoms with van der Waals surface area (Å²) in [5.74, 6) is -1.27. The third kappa shape index (κ3) is 3.02. The summed E-state index contributed by atoms with van der Waals surface area (Å²) in [4.78, 5) is 14.0. The lowest BCUT2D eigenvalue weighted by atomic mass is 10.1. The molecule has 1 aromatic heterocycles. The van der Waals surface area contributed by atoms with Crippen LogP contribution in [-0.4, -0.2) is 16.1 Å². The van der Waals surface area contributed by atoms with Gasteiger partial charge in [0.2, 0.25) is 0 Å². The second-order valence-electron chi connectivity index (χ2n) is 2.97. The predicted octanol–water partition coefficient (Wildman–Crippen LogP) is 3.04. The fourth-order valence-electron chi connectivity index (χ4n) is 1.13. The number of alkyl halides is 3. The molecule has 1 heterocycles. The zero-order chi connectivity index (χ0) is 12.3. The molecule has 0 aliphatic heterocycles. The van der Waals surface area contributed by atoms with Crippen molar-refractivity contribution < 1.29 is 18.7 Å². The number of aromatic nitrogens is 1. The fourth-order valence-corrected chi connectivity index (χ4v) is 1.64. The minimum absolute atomic E-state index is 0.0294. The van der Waals surface area contributed by atoms with E-state index in [1.807, 2.05) is 0 Å². The molecule has 0 radical (unpaired) electrons. The minimum Gasteiger partial charge on any atom is -0.481 e. The van der Waals surface area contributed by atoms with E-state index in [0.29, 0.717) is 0 Å². The monoisotopic (exact) mass is 269 g/mol. The molecule has 0 saturated carbocycles. The van der Waals surface area contributed by atoms with Crippen molar-refractivity contribution in [1.82, 2.24) is 4.98 Å². The lowest BCUT2D eigenvalue weighted by molar-refractivity contribution is -0.136. The molecule has 88 valence electrons. The maximum absolute atomic E-state index is 12.4. The maximum atomic E-state index is 12.4. The summed E-state index contributed by atoms with van der Waals surface area (Å²) >= 11 is 11.3. The van der Waals surface area contributed by atoms with Crippen LogP contribution in [0.5, 0.6) is 0 Å². The van der Waals surface area contributed by atoms with Crippen molar-refractivity contribution in [2.75, 3.05) is 0 Å². The van der Waals surface area contributed by atoms with Crippen molar-refractivity contribution in [3.63, 3.8) is 0 Å². The van der Waals surface area contributed by atoms with Crippen LogP contribution in [0.4, 0.5) is 8.78 Å². The highest BCUT2D eigenvalue weighted by atomic mass is 35.5. The van der Waals surface area contributed by atoms with Gasteiger partial charge in [0, 0.05) is 5.88 Å². The predicted molar refractivity (Wildman–Crippen MR) is 55.1 cm³/mol. The molecule has 1 N–H and O–H groups in total. The van der Waals surface area contributed by atoms with Gasteiger partial charge in [0.25, 0.3) is 6.43 Å². The Hall–Kier alpha value is -0.940. The molecule has 1 rings (SSSR count). The topological polar surface area (TPSA) is 50.2 Å². The summed E-state index contributed by atoms with van der Waals surface area (Å²) in [6.07, 6.45) is -3.30. The largest absolute Gasteiger partial charge is 0.481 e. The molecular formula is C9H7Cl2F2NO2. The molecule has 7 heteroatoms. The SMILES string of the molecule is O=C(O)Cc1nc(C(F)F)cc(CCl)c1Cl. The van der Waals surface area contributed by atoms with E-state index in [2.05, 4.69) is 4.98 Å². The van der Waals surface area contributed by atoms with Gasteiger partial charge < -0.3 is 5.11 Å². The van der Waals surface area contributed by atoms with Crippen LogP contribution in [0.1, 0.15) is 23.4 Å². The van der Waals surface area contributed by atoms with Crippen LogP contribution in [0.2, 0.25) is 5.02 Å². The van der Waals surface area contributed by atoms with Crippen LogP contribution in [0, 0.1) is 0 Å². The van der Waals surface area contributed by atoms with Gasteiger partial charge in [-0.1, -0.05) is 11.6 Å². The normalized spacial score (nSPS) is 10.8. The van der Waals surface area contributed by atoms with Gasteiger partial charge in [-0.15, -0.1) is 11.6 Å². The van der Waals surface area contributed by atoms with Gasteiger partial charge in [-0.25, -0.2) is 13.8 Å². The van der Waals surface area contributed by atoms with Crippen molar-refractivity contribution in [2.45, 2.75) is 18.7 Å². The number of hydrogen-bond donors (Lipinski definition) is 1. The van der Waals surface area contributed by atoms with Gasteiger partial charge in [0.1, 0.15) is 5.69 Å². The fraction of sp³-hybridized carbons (Fsp3) is 0.333. The molecule has 16 heavy (non-hydrogen) atoms. The molecule has 0 aliphatic rings. The number of carbonyl (C=O) groups is 1. The van der Waals surface area contributed by atoms with Gasteiger partial charge in [0.15, 0.2) is 0 Å². The number of hydrogen-bond acceptors (Lipinski definition) is 2. The van der Waals surface area contributed by atoms with Crippen molar-refractivity contribution in [3.05, 3.63) is 28.0 Å². The van der Waals surface area contributed by atoms with Gasteiger partial charge in [0.05, 0.1) is 17.1 Å². The van der Waals surface area contributed by atoms with Crippen LogP contribution in [0.3, 0.4) is 0 Å². The number of aliphatic carboxylic acids is 1. The molecule has 3 nitrogen and oxygen atoms in total.